The molecule has 0 saturated carbocycles. The standard InChI is InChI=1S/C20H24N2O3/c1-15(16-7-6-10-18(11-16)24-2)21-12-19-13-22(20(23)14-25-19)17-8-4-3-5-9-17/h3-11,15,19,21H,12-14H2,1-2H3/t15-,19?/m1/s1. The first-order chi connectivity index (χ1) is 12.2. The summed E-state index contributed by atoms with van der Waals surface area (Å²) in [5.41, 5.74) is 2.08. The van der Waals surface area contributed by atoms with Gasteiger partial charge in [-0.3, -0.25) is 4.79 Å². The van der Waals surface area contributed by atoms with E-state index in [2.05, 4.69) is 18.3 Å². The lowest BCUT2D eigenvalue weighted by molar-refractivity contribution is -0.129. The summed E-state index contributed by atoms with van der Waals surface area (Å²) in [4.78, 5) is 13.9. The molecule has 1 aliphatic rings. The van der Waals surface area contributed by atoms with Gasteiger partial charge in [0.2, 0.25) is 0 Å². The lowest BCUT2D eigenvalue weighted by Gasteiger charge is -2.33. The Morgan fingerprint density at radius 1 is 1.24 bits per heavy atom. The van der Waals surface area contributed by atoms with Crippen LogP contribution in [0.5, 0.6) is 5.75 Å². The van der Waals surface area contributed by atoms with Crippen LogP contribution in [0.3, 0.4) is 0 Å². The third-order valence-electron chi connectivity index (χ3n) is 4.44. The highest BCUT2D eigenvalue weighted by Crippen LogP contribution is 2.20. The van der Waals surface area contributed by atoms with E-state index in [1.54, 1.807) is 12.0 Å². The molecule has 1 heterocycles. The van der Waals surface area contributed by atoms with Crippen LogP contribution in [-0.4, -0.2) is 38.8 Å². The van der Waals surface area contributed by atoms with Crippen molar-refractivity contribution < 1.29 is 14.3 Å². The van der Waals surface area contributed by atoms with Crippen molar-refractivity contribution in [3.05, 3.63) is 60.2 Å². The van der Waals surface area contributed by atoms with Crippen molar-refractivity contribution >= 4 is 11.6 Å². The Bertz CT molecular complexity index is 705. The molecule has 0 aromatic heterocycles. The summed E-state index contributed by atoms with van der Waals surface area (Å²) >= 11 is 0. The highest BCUT2D eigenvalue weighted by Gasteiger charge is 2.27. The second-order valence-corrected chi connectivity index (χ2v) is 6.18. The van der Waals surface area contributed by atoms with Crippen LogP contribution in [0.2, 0.25) is 0 Å². The molecule has 5 heteroatoms. The first-order valence-corrected chi connectivity index (χ1v) is 8.51. The Balaban J connectivity index is 1.58. The number of amides is 1. The van der Waals surface area contributed by atoms with Crippen molar-refractivity contribution in [3.63, 3.8) is 0 Å². The maximum absolute atomic E-state index is 12.1. The molecule has 3 rings (SSSR count). The number of carbonyl (C=O) groups excluding carboxylic acids is 1. The van der Waals surface area contributed by atoms with Crippen molar-refractivity contribution in [2.45, 2.75) is 19.1 Å². The minimum Gasteiger partial charge on any atom is -0.497 e. The summed E-state index contributed by atoms with van der Waals surface area (Å²) in [6, 6.07) is 17.9. The molecule has 0 radical (unpaired) electrons. The van der Waals surface area contributed by atoms with Gasteiger partial charge >= 0.3 is 0 Å². The van der Waals surface area contributed by atoms with Gasteiger partial charge in [-0.1, -0.05) is 30.3 Å². The van der Waals surface area contributed by atoms with Gasteiger partial charge in [-0.05, 0) is 36.8 Å². The number of methoxy groups -OCH3 is 1. The third kappa shape index (κ3) is 4.38. The maximum atomic E-state index is 12.1. The predicted molar refractivity (Wildman–Crippen MR) is 97.9 cm³/mol. The van der Waals surface area contributed by atoms with E-state index in [4.69, 9.17) is 9.47 Å². The summed E-state index contributed by atoms with van der Waals surface area (Å²) in [5, 5.41) is 3.49. The van der Waals surface area contributed by atoms with E-state index in [1.165, 1.54) is 0 Å². The van der Waals surface area contributed by atoms with Crippen LogP contribution < -0.4 is 15.0 Å². The number of nitrogens with one attached hydrogen (secondary N) is 1. The molecule has 5 nitrogen and oxygen atoms in total. The topological polar surface area (TPSA) is 50.8 Å². The number of para-hydroxylation sites is 1. The fourth-order valence-electron chi connectivity index (χ4n) is 2.94. The van der Waals surface area contributed by atoms with Crippen LogP contribution in [0.25, 0.3) is 0 Å². The number of morpholine rings is 1. The summed E-state index contributed by atoms with van der Waals surface area (Å²) in [6.45, 7) is 3.46. The first kappa shape index (κ1) is 17.5. The summed E-state index contributed by atoms with van der Waals surface area (Å²) in [5.74, 6) is 0.851. The van der Waals surface area contributed by atoms with Gasteiger partial charge in [0.05, 0.1) is 19.8 Å². The summed E-state index contributed by atoms with van der Waals surface area (Å²) in [6.07, 6.45) is -0.0361. The molecular formula is C20H24N2O3. The largest absolute Gasteiger partial charge is 0.497 e. The average molecular weight is 340 g/mol. The van der Waals surface area contributed by atoms with Crippen LogP contribution in [0.1, 0.15) is 18.5 Å². The molecule has 1 N–H and O–H groups in total. The fraction of sp³-hybridized carbons (Fsp3) is 0.350. The number of benzene rings is 2. The minimum atomic E-state index is -0.0361. The van der Waals surface area contributed by atoms with Gasteiger partial charge in [0, 0.05) is 18.3 Å². The smallest absolute Gasteiger partial charge is 0.253 e. The highest BCUT2D eigenvalue weighted by molar-refractivity contribution is 5.94. The molecule has 1 saturated heterocycles. The van der Waals surface area contributed by atoms with Crippen molar-refractivity contribution in [2.24, 2.45) is 0 Å². The minimum absolute atomic E-state index is 0.00305. The van der Waals surface area contributed by atoms with E-state index in [0.29, 0.717) is 13.1 Å². The van der Waals surface area contributed by atoms with Crippen molar-refractivity contribution in [1.29, 1.82) is 0 Å². The normalized spacial score (nSPS) is 18.9. The molecule has 1 aliphatic heterocycles. The van der Waals surface area contributed by atoms with Crippen LogP contribution >= 0.6 is 0 Å². The van der Waals surface area contributed by atoms with E-state index < -0.39 is 0 Å². The van der Waals surface area contributed by atoms with Gasteiger partial charge < -0.3 is 19.7 Å². The molecule has 2 atom stereocenters. The molecule has 1 amide bonds. The van der Waals surface area contributed by atoms with Gasteiger partial charge in [0.15, 0.2) is 0 Å². The number of hydrogen-bond donors (Lipinski definition) is 1. The second-order valence-electron chi connectivity index (χ2n) is 6.18. The third-order valence-corrected chi connectivity index (χ3v) is 4.44. The Hall–Kier alpha value is -2.37. The zero-order valence-corrected chi connectivity index (χ0v) is 14.6. The summed E-state index contributed by atoms with van der Waals surface area (Å²) < 4.78 is 11.0. The Labute approximate surface area is 148 Å². The average Bonchev–Trinajstić information content (AvgIpc) is 2.67. The molecule has 2 aromatic rings. The molecule has 132 valence electrons. The second kappa shape index (κ2) is 8.14. The van der Waals surface area contributed by atoms with Crippen LogP contribution in [-0.2, 0) is 9.53 Å². The number of ether oxygens (including phenoxy) is 2. The molecule has 1 fully saturated rings. The molecule has 0 spiro atoms. The molecule has 1 unspecified atom stereocenters. The van der Waals surface area contributed by atoms with Crippen molar-refractivity contribution in [1.82, 2.24) is 5.32 Å². The SMILES string of the molecule is COc1cccc([C@@H](C)NCC2CN(c3ccccc3)C(=O)CO2)c1. The predicted octanol–water partition coefficient (Wildman–Crippen LogP) is 2.78. The van der Waals surface area contributed by atoms with Crippen molar-refractivity contribution in [2.75, 3.05) is 31.7 Å². The number of anilines is 1. The van der Waals surface area contributed by atoms with E-state index >= 15 is 0 Å². The van der Waals surface area contributed by atoms with Gasteiger partial charge in [0.1, 0.15) is 12.4 Å². The number of hydrogen-bond acceptors (Lipinski definition) is 4. The van der Waals surface area contributed by atoms with E-state index in [0.717, 1.165) is 17.0 Å². The van der Waals surface area contributed by atoms with Crippen LogP contribution in [0.4, 0.5) is 5.69 Å². The zero-order chi connectivity index (χ0) is 17.6. The van der Waals surface area contributed by atoms with Gasteiger partial charge in [-0.15, -0.1) is 0 Å². The lowest BCUT2D eigenvalue weighted by Crippen LogP contribution is -2.50. The highest BCUT2D eigenvalue weighted by atomic mass is 16.5. The molecule has 0 aliphatic carbocycles. The lowest BCUT2D eigenvalue weighted by atomic mass is 10.1. The summed E-state index contributed by atoms with van der Waals surface area (Å²) in [7, 11) is 1.67. The fourth-order valence-corrected chi connectivity index (χ4v) is 2.94. The van der Waals surface area contributed by atoms with E-state index in [-0.39, 0.29) is 24.7 Å². The first-order valence-electron chi connectivity index (χ1n) is 8.51. The zero-order valence-electron chi connectivity index (χ0n) is 14.6. The number of nitrogens with zero attached hydrogens (tertiary/aromatic N) is 1. The number of carbonyl (C=O) groups is 1. The maximum Gasteiger partial charge on any atom is 0.253 e. The van der Waals surface area contributed by atoms with E-state index in [1.807, 2.05) is 48.5 Å². The molecule has 2 aromatic carbocycles. The molecule has 0 bridgehead atoms. The van der Waals surface area contributed by atoms with Crippen LogP contribution in [0.15, 0.2) is 54.6 Å². The van der Waals surface area contributed by atoms with Gasteiger partial charge in [-0.2, -0.15) is 0 Å². The molecule has 25 heavy (non-hydrogen) atoms. The monoisotopic (exact) mass is 340 g/mol. The Morgan fingerprint density at radius 2 is 2.04 bits per heavy atom. The van der Waals surface area contributed by atoms with Gasteiger partial charge in [-0.25, -0.2) is 0 Å². The van der Waals surface area contributed by atoms with Crippen LogP contribution in [0, 0.1) is 0 Å². The Morgan fingerprint density at radius 3 is 2.80 bits per heavy atom. The van der Waals surface area contributed by atoms with E-state index in [9.17, 15) is 4.79 Å². The number of rotatable bonds is 6. The molecular weight excluding hydrogens is 316 g/mol. The van der Waals surface area contributed by atoms with Crippen molar-refractivity contribution in [3.8, 4) is 5.75 Å². The van der Waals surface area contributed by atoms with Gasteiger partial charge in [0.25, 0.3) is 5.91 Å². The Kier molecular flexibility index (Phi) is 5.68. The quantitative estimate of drug-likeness (QED) is 0.878.